The van der Waals surface area contributed by atoms with Crippen molar-refractivity contribution in [2.75, 3.05) is 25.9 Å². The average molecular weight is 339 g/mol. The molecular weight excluding hydrogens is 318 g/mol. The van der Waals surface area contributed by atoms with E-state index in [4.69, 9.17) is 4.42 Å². The van der Waals surface area contributed by atoms with Gasteiger partial charge in [-0.3, -0.25) is 0 Å². The van der Waals surface area contributed by atoms with Gasteiger partial charge in [0.25, 0.3) is 10.0 Å². The number of nitrogens with one attached hydrogen (secondary N) is 3. The minimum atomic E-state index is -3.77. The monoisotopic (exact) mass is 339 g/mol. The Morgan fingerprint density at radius 1 is 1.05 bits per heavy atom. The van der Waals surface area contributed by atoms with Crippen molar-refractivity contribution in [3.05, 3.63) is 17.9 Å². The van der Waals surface area contributed by atoms with E-state index in [1.807, 2.05) is 6.92 Å². The molecule has 0 atom stereocenters. The lowest BCUT2D eigenvalue weighted by Gasteiger charge is -2.05. The Bertz CT molecular complexity index is 637. The quantitative estimate of drug-likeness (QED) is 0.500. The summed E-state index contributed by atoms with van der Waals surface area (Å²) in [7, 11) is -7.10. The van der Waals surface area contributed by atoms with Crippen molar-refractivity contribution in [1.82, 2.24) is 14.8 Å². The zero-order valence-electron chi connectivity index (χ0n) is 12.0. The van der Waals surface area contributed by atoms with E-state index in [0.717, 1.165) is 19.2 Å². The van der Waals surface area contributed by atoms with E-state index < -0.39 is 20.0 Å². The summed E-state index contributed by atoms with van der Waals surface area (Å²) in [6.45, 7) is 3.22. The van der Waals surface area contributed by atoms with Gasteiger partial charge in [-0.15, -0.1) is 0 Å². The van der Waals surface area contributed by atoms with E-state index in [2.05, 4.69) is 14.8 Å². The molecule has 1 aromatic rings. The molecule has 0 aliphatic carbocycles. The molecule has 1 aromatic heterocycles. The standard InChI is InChI=1S/C11H21N3O5S2/c1-3-6-12-9-10-4-5-11(19-10)21(17,18)14-8-7-13-20(2,15)16/h4-5,12-14H,3,6-9H2,1-2H3. The van der Waals surface area contributed by atoms with E-state index in [1.54, 1.807) is 6.07 Å². The zero-order chi connectivity index (χ0) is 15.9. The van der Waals surface area contributed by atoms with Gasteiger partial charge in [-0.1, -0.05) is 6.92 Å². The summed E-state index contributed by atoms with van der Waals surface area (Å²) in [5, 5.41) is 2.91. The summed E-state index contributed by atoms with van der Waals surface area (Å²) in [5.41, 5.74) is 0. The van der Waals surface area contributed by atoms with Crippen molar-refractivity contribution >= 4 is 20.0 Å². The highest BCUT2D eigenvalue weighted by Gasteiger charge is 2.18. The Kier molecular flexibility index (Phi) is 6.81. The number of hydrogen-bond donors (Lipinski definition) is 3. The Balaban J connectivity index is 2.50. The molecule has 0 amide bonds. The van der Waals surface area contributed by atoms with Gasteiger partial charge in [-0.25, -0.2) is 26.3 Å². The second-order valence-electron chi connectivity index (χ2n) is 4.46. The molecule has 0 aliphatic rings. The van der Waals surface area contributed by atoms with Crippen LogP contribution in [0.3, 0.4) is 0 Å². The second-order valence-corrected chi connectivity index (χ2v) is 7.99. The first-order chi connectivity index (χ1) is 9.74. The SMILES string of the molecule is CCCNCc1ccc(S(=O)(=O)NCCNS(C)(=O)=O)o1. The van der Waals surface area contributed by atoms with Gasteiger partial charge in [0, 0.05) is 13.1 Å². The summed E-state index contributed by atoms with van der Waals surface area (Å²) in [6, 6.07) is 2.96. The molecule has 0 spiro atoms. The van der Waals surface area contributed by atoms with Gasteiger partial charge in [0.05, 0.1) is 12.8 Å². The predicted octanol–water partition coefficient (Wildman–Crippen LogP) is -0.393. The molecule has 122 valence electrons. The Morgan fingerprint density at radius 2 is 1.71 bits per heavy atom. The van der Waals surface area contributed by atoms with Gasteiger partial charge in [0.15, 0.2) is 0 Å². The molecule has 0 unspecified atom stereocenters. The third kappa shape index (κ3) is 7.05. The molecular formula is C11H21N3O5S2. The molecule has 10 heteroatoms. The number of furan rings is 1. The Morgan fingerprint density at radius 3 is 2.33 bits per heavy atom. The third-order valence-electron chi connectivity index (χ3n) is 2.41. The molecule has 0 fully saturated rings. The van der Waals surface area contributed by atoms with Crippen LogP contribution in [0.4, 0.5) is 0 Å². The predicted molar refractivity (Wildman–Crippen MR) is 78.7 cm³/mol. The van der Waals surface area contributed by atoms with Gasteiger partial charge < -0.3 is 9.73 Å². The van der Waals surface area contributed by atoms with Gasteiger partial charge in [0.2, 0.25) is 15.1 Å². The van der Waals surface area contributed by atoms with Crippen LogP contribution in [-0.2, 0) is 26.6 Å². The maximum Gasteiger partial charge on any atom is 0.274 e. The van der Waals surface area contributed by atoms with Crippen LogP contribution in [0, 0.1) is 0 Å². The topological polar surface area (TPSA) is 118 Å². The van der Waals surface area contributed by atoms with Gasteiger partial charge in [0.1, 0.15) is 5.76 Å². The molecule has 0 saturated carbocycles. The molecule has 1 heterocycles. The van der Waals surface area contributed by atoms with E-state index in [1.165, 1.54) is 6.07 Å². The summed E-state index contributed by atoms with van der Waals surface area (Å²) < 4.78 is 55.2. The number of rotatable bonds is 10. The highest BCUT2D eigenvalue weighted by atomic mass is 32.2. The van der Waals surface area contributed by atoms with Crippen molar-refractivity contribution < 1.29 is 21.3 Å². The lowest BCUT2D eigenvalue weighted by atomic mass is 10.4. The maximum absolute atomic E-state index is 11.9. The van der Waals surface area contributed by atoms with Crippen LogP contribution in [-0.4, -0.2) is 42.7 Å². The molecule has 0 bridgehead atoms. The third-order valence-corrected chi connectivity index (χ3v) is 4.47. The van der Waals surface area contributed by atoms with Crippen LogP contribution in [0.1, 0.15) is 19.1 Å². The molecule has 8 nitrogen and oxygen atoms in total. The molecule has 0 saturated heterocycles. The molecule has 0 aromatic carbocycles. The first-order valence-electron chi connectivity index (χ1n) is 6.48. The van der Waals surface area contributed by atoms with Crippen LogP contribution in [0.5, 0.6) is 0 Å². The summed E-state index contributed by atoms with van der Waals surface area (Å²) in [5.74, 6) is 0.526. The van der Waals surface area contributed by atoms with Gasteiger partial charge >= 0.3 is 0 Å². The Hall–Kier alpha value is -0.940. The minimum absolute atomic E-state index is 0.0241. The molecule has 1 rings (SSSR count). The van der Waals surface area contributed by atoms with Gasteiger partial charge in [-0.2, -0.15) is 0 Å². The lowest BCUT2D eigenvalue weighted by Crippen LogP contribution is -2.34. The first kappa shape index (κ1) is 18.1. The largest absolute Gasteiger partial charge is 0.447 e. The van der Waals surface area contributed by atoms with Crippen LogP contribution in [0.25, 0.3) is 0 Å². The fraction of sp³-hybridized carbons (Fsp3) is 0.636. The smallest absolute Gasteiger partial charge is 0.274 e. The number of sulfonamides is 2. The molecule has 0 radical (unpaired) electrons. The minimum Gasteiger partial charge on any atom is -0.447 e. The van der Waals surface area contributed by atoms with Crippen molar-refractivity contribution in [2.24, 2.45) is 0 Å². The fourth-order valence-corrected chi connectivity index (χ4v) is 2.93. The van der Waals surface area contributed by atoms with Crippen molar-refractivity contribution in [1.29, 1.82) is 0 Å². The summed E-state index contributed by atoms with van der Waals surface area (Å²) in [6.07, 6.45) is 1.98. The zero-order valence-corrected chi connectivity index (χ0v) is 13.7. The lowest BCUT2D eigenvalue weighted by molar-refractivity contribution is 0.400. The van der Waals surface area contributed by atoms with Crippen LogP contribution in [0.2, 0.25) is 0 Å². The Labute approximate surface area is 125 Å². The van der Waals surface area contributed by atoms with E-state index in [0.29, 0.717) is 12.3 Å². The highest BCUT2D eigenvalue weighted by Crippen LogP contribution is 2.13. The van der Waals surface area contributed by atoms with E-state index in [-0.39, 0.29) is 18.2 Å². The average Bonchev–Trinajstić information content (AvgIpc) is 2.84. The van der Waals surface area contributed by atoms with Crippen LogP contribution < -0.4 is 14.8 Å². The van der Waals surface area contributed by atoms with Crippen LogP contribution in [0.15, 0.2) is 21.6 Å². The van der Waals surface area contributed by atoms with E-state index >= 15 is 0 Å². The molecule has 21 heavy (non-hydrogen) atoms. The second kappa shape index (κ2) is 7.90. The summed E-state index contributed by atoms with van der Waals surface area (Å²) >= 11 is 0. The fourth-order valence-electron chi connectivity index (χ4n) is 1.48. The van der Waals surface area contributed by atoms with Crippen molar-refractivity contribution in [3.8, 4) is 0 Å². The molecule has 0 aliphatic heterocycles. The normalized spacial score (nSPS) is 12.7. The van der Waals surface area contributed by atoms with Crippen LogP contribution >= 0.6 is 0 Å². The highest BCUT2D eigenvalue weighted by molar-refractivity contribution is 7.89. The van der Waals surface area contributed by atoms with Gasteiger partial charge in [-0.05, 0) is 25.1 Å². The van der Waals surface area contributed by atoms with E-state index in [9.17, 15) is 16.8 Å². The van der Waals surface area contributed by atoms with Crippen molar-refractivity contribution in [3.63, 3.8) is 0 Å². The van der Waals surface area contributed by atoms with Crippen molar-refractivity contribution in [2.45, 2.75) is 25.0 Å². The summed E-state index contributed by atoms with van der Waals surface area (Å²) in [4.78, 5) is 0. The first-order valence-corrected chi connectivity index (χ1v) is 9.86. The maximum atomic E-state index is 11.9. The number of hydrogen-bond acceptors (Lipinski definition) is 6. The molecule has 3 N–H and O–H groups in total.